The average molecular weight is 259 g/mol. The van der Waals surface area contributed by atoms with Crippen molar-refractivity contribution in [1.82, 2.24) is 4.98 Å². The number of aromatic nitrogens is 1. The summed E-state index contributed by atoms with van der Waals surface area (Å²) >= 11 is 0. The monoisotopic (exact) mass is 259 g/mol. The number of rotatable bonds is 1. The summed E-state index contributed by atoms with van der Waals surface area (Å²) in [5, 5.41) is 37.4. The summed E-state index contributed by atoms with van der Waals surface area (Å²) in [7, 11) is 0. The number of fused-ring (bicyclic) bond motifs is 1. The van der Waals surface area contributed by atoms with Crippen molar-refractivity contribution in [2.45, 2.75) is 0 Å². The molecule has 4 N–H and O–H groups in total. The molecule has 1 aromatic heterocycles. The highest BCUT2D eigenvalue weighted by molar-refractivity contribution is 5.80. The average Bonchev–Trinajstić information content (AvgIpc) is 2.76. The minimum Gasteiger partial charge on any atom is -0.504 e. The van der Waals surface area contributed by atoms with Crippen LogP contribution >= 0.6 is 0 Å². The van der Waals surface area contributed by atoms with E-state index in [9.17, 15) is 20.4 Å². The molecule has 96 valence electrons. The van der Waals surface area contributed by atoms with Crippen LogP contribution in [0.25, 0.3) is 22.6 Å². The third-order valence-electron chi connectivity index (χ3n) is 2.71. The van der Waals surface area contributed by atoms with E-state index in [1.54, 1.807) is 0 Å². The van der Waals surface area contributed by atoms with Crippen molar-refractivity contribution in [2.24, 2.45) is 0 Å². The number of nitrogens with zero attached hydrogens (tertiary/aromatic N) is 1. The Kier molecular flexibility index (Phi) is 2.25. The summed E-state index contributed by atoms with van der Waals surface area (Å²) in [6.45, 7) is 0. The highest BCUT2D eigenvalue weighted by Gasteiger charge is 2.12. The molecule has 0 radical (unpaired) electrons. The second-order valence-electron chi connectivity index (χ2n) is 4.03. The first-order valence-corrected chi connectivity index (χ1v) is 5.39. The summed E-state index contributed by atoms with van der Waals surface area (Å²) in [6, 6.07) is 6.67. The van der Waals surface area contributed by atoms with Gasteiger partial charge in [-0.3, -0.25) is 0 Å². The molecule has 0 aliphatic carbocycles. The second-order valence-corrected chi connectivity index (χ2v) is 4.03. The largest absolute Gasteiger partial charge is 0.504 e. The van der Waals surface area contributed by atoms with E-state index in [4.69, 9.17) is 4.42 Å². The first-order chi connectivity index (χ1) is 9.04. The van der Waals surface area contributed by atoms with E-state index in [-0.39, 0.29) is 28.9 Å². The first kappa shape index (κ1) is 11.2. The Balaban J connectivity index is 2.17. The summed E-state index contributed by atoms with van der Waals surface area (Å²) < 4.78 is 5.41. The topological polar surface area (TPSA) is 107 Å². The van der Waals surface area contributed by atoms with Gasteiger partial charge in [0, 0.05) is 17.7 Å². The highest BCUT2D eigenvalue weighted by Crippen LogP contribution is 2.35. The Labute approximate surface area is 106 Å². The van der Waals surface area contributed by atoms with E-state index in [1.165, 1.54) is 30.3 Å². The molecule has 0 fully saturated rings. The zero-order valence-corrected chi connectivity index (χ0v) is 9.53. The molecule has 0 aliphatic rings. The quantitative estimate of drug-likeness (QED) is 0.499. The van der Waals surface area contributed by atoms with Crippen LogP contribution in [0.1, 0.15) is 0 Å². The van der Waals surface area contributed by atoms with E-state index in [2.05, 4.69) is 4.98 Å². The van der Waals surface area contributed by atoms with Crippen LogP contribution in [0.4, 0.5) is 0 Å². The van der Waals surface area contributed by atoms with Crippen LogP contribution in [0.15, 0.2) is 34.7 Å². The van der Waals surface area contributed by atoms with E-state index in [1.807, 2.05) is 0 Å². The van der Waals surface area contributed by atoms with Gasteiger partial charge in [-0.1, -0.05) is 0 Å². The summed E-state index contributed by atoms with van der Waals surface area (Å²) in [5.41, 5.74) is 1.14. The van der Waals surface area contributed by atoms with Crippen molar-refractivity contribution in [1.29, 1.82) is 0 Å². The van der Waals surface area contributed by atoms with Crippen LogP contribution in [0.3, 0.4) is 0 Å². The van der Waals surface area contributed by atoms with Gasteiger partial charge in [0.25, 0.3) is 0 Å². The van der Waals surface area contributed by atoms with Gasteiger partial charge in [-0.15, -0.1) is 0 Å². The molecule has 19 heavy (non-hydrogen) atoms. The first-order valence-electron chi connectivity index (χ1n) is 5.39. The summed E-state index contributed by atoms with van der Waals surface area (Å²) in [6.07, 6.45) is 0. The van der Waals surface area contributed by atoms with Gasteiger partial charge in [0.2, 0.25) is 5.89 Å². The number of hydrogen-bond donors (Lipinski definition) is 4. The van der Waals surface area contributed by atoms with Gasteiger partial charge < -0.3 is 24.8 Å². The van der Waals surface area contributed by atoms with E-state index in [0.717, 1.165) is 0 Å². The number of aromatic hydroxyl groups is 4. The fourth-order valence-corrected chi connectivity index (χ4v) is 1.73. The molecule has 2 aromatic carbocycles. The number of phenolic OH excluding ortho intramolecular Hbond substituents is 4. The summed E-state index contributed by atoms with van der Waals surface area (Å²) in [4.78, 5) is 4.13. The number of oxazole rings is 1. The molecule has 1 heterocycles. The second kappa shape index (κ2) is 3.81. The molecule has 3 rings (SSSR count). The molecule has 0 amide bonds. The maximum absolute atomic E-state index is 9.43. The lowest BCUT2D eigenvalue weighted by Crippen LogP contribution is -1.77. The van der Waals surface area contributed by atoms with Gasteiger partial charge in [0.05, 0.1) is 0 Å². The molecule has 3 aromatic rings. The van der Waals surface area contributed by atoms with Gasteiger partial charge in [-0.05, 0) is 18.2 Å². The Bertz CT molecular complexity index is 739. The highest BCUT2D eigenvalue weighted by atomic mass is 16.4. The molecule has 0 unspecified atom stereocenters. The van der Waals surface area contributed by atoms with Gasteiger partial charge in [-0.2, -0.15) is 0 Å². The van der Waals surface area contributed by atoms with Crippen LogP contribution in [0.2, 0.25) is 0 Å². The number of hydrogen-bond acceptors (Lipinski definition) is 6. The standard InChI is InChI=1S/C13H9NO5/c15-8-2-1-6(3-9(8)16)13-14-7-4-10(17)11(18)5-12(7)19-13/h1-5,15-18H. The predicted octanol–water partition coefficient (Wildman–Crippen LogP) is 2.32. The van der Waals surface area contributed by atoms with E-state index >= 15 is 0 Å². The Morgan fingerprint density at radius 2 is 1.47 bits per heavy atom. The fourth-order valence-electron chi connectivity index (χ4n) is 1.73. The molecular weight excluding hydrogens is 250 g/mol. The molecule has 6 nitrogen and oxygen atoms in total. The maximum Gasteiger partial charge on any atom is 0.227 e. The number of phenols is 4. The minimum absolute atomic E-state index is 0.204. The van der Waals surface area contributed by atoms with E-state index < -0.39 is 0 Å². The SMILES string of the molecule is Oc1ccc(-c2nc3cc(O)c(O)cc3o2)cc1O. The molecule has 0 saturated heterocycles. The van der Waals surface area contributed by atoms with Crippen LogP contribution < -0.4 is 0 Å². The van der Waals surface area contributed by atoms with Crippen LogP contribution in [0.5, 0.6) is 23.0 Å². The van der Waals surface area contributed by atoms with Crippen molar-refractivity contribution in [3.63, 3.8) is 0 Å². The third-order valence-corrected chi connectivity index (χ3v) is 2.71. The zero-order valence-electron chi connectivity index (χ0n) is 9.53. The Morgan fingerprint density at radius 1 is 0.789 bits per heavy atom. The molecule has 0 saturated carbocycles. The van der Waals surface area contributed by atoms with Crippen molar-refractivity contribution in [3.8, 4) is 34.5 Å². The van der Waals surface area contributed by atoms with Crippen LogP contribution in [-0.4, -0.2) is 25.4 Å². The Hall–Kier alpha value is -2.89. The van der Waals surface area contributed by atoms with Crippen molar-refractivity contribution in [2.75, 3.05) is 0 Å². The summed E-state index contributed by atoms with van der Waals surface area (Å²) in [5.74, 6) is -0.916. The zero-order chi connectivity index (χ0) is 13.6. The molecule has 6 heteroatoms. The van der Waals surface area contributed by atoms with Crippen molar-refractivity contribution in [3.05, 3.63) is 30.3 Å². The predicted molar refractivity (Wildman–Crippen MR) is 66.1 cm³/mol. The van der Waals surface area contributed by atoms with Crippen molar-refractivity contribution >= 4 is 11.1 Å². The maximum atomic E-state index is 9.43. The van der Waals surface area contributed by atoms with Crippen LogP contribution in [-0.2, 0) is 0 Å². The van der Waals surface area contributed by atoms with Gasteiger partial charge in [0.15, 0.2) is 28.6 Å². The van der Waals surface area contributed by atoms with Gasteiger partial charge in [-0.25, -0.2) is 4.98 Å². The lowest BCUT2D eigenvalue weighted by Gasteiger charge is -1.98. The smallest absolute Gasteiger partial charge is 0.227 e. The Morgan fingerprint density at radius 3 is 2.21 bits per heavy atom. The molecule has 0 aliphatic heterocycles. The minimum atomic E-state index is -0.302. The normalized spacial score (nSPS) is 10.9. The van der Waals surface area contributed by atoms with Gasteiger partial charge in [0.1, 0.15) is 5.52 Å². The lowest BCUT2D eigenvalue weighted by molar-refractivity contribution is 0.403. The van der Waals surface area contributed by atoms with Crippen LogP contribution in [0, 0.1) is 0 Å². The lowest BCUT2D eigenvalue weighted by atomic mass is 10.2. The molecule has 0 bridgehead atoms. The molecule has 0 atom stereocenters. The molecular formula is C13H9NO5. The van der Waals surface area contributed by atoms with E-state index in [0.29, 0.717) is 16.7 Å². The fraction of sp³-hybridized carbons (Fsp3) is 0. The molecule has 0 spiro atoms. The number of benzene rings is 2. The van der Waals surface area contributed by atoms with Gasteiger partial charge >= 0.3 is 0 Å². The third kappa shape index (κ3) is 1.79. The van der Waals surface area contributed by atoms with Crippen molar-refractivity contribution < 1.29 is 24.8 Å².